The topological polar surface area (TPSA) is 34.6 Å². The molecule has 1 aliphatic rings. The third-order valence-electron chi connectivity index (χ3n) is 4.85. The first-order valence-corrected chi connectivity index (χ1v) is 9.27. The van der Waals surface area contributed by atoms with Crippen molar-refractivity contribution in [2.75, 3.05) is 26.8 Å². The molecule has 2 heterocycles. The number of hydrogen-bond acceptors (Lipinski definition) is 4. The van der Waals surface area contributed by atoms with Gasteiger partial charge >= 0.3 is 0 Å². The third-order valence-corrected chi connectivity index (χ3v) is 4.85. The highest BCUT2D eigenvalue weighted by Gasteiger charge is 2.23. The quantitative estimate of drug-likeness (QED) is 0.664. The van der Waals surface area contributed by atoms with Crippen LogP contribution < -0.4 is 9.47 Å². The monoisotopic (exact) mass is 340 g/mol. The first-order chi connectivity index (χ1) is 12.4. The van der Waals surface area contributed by atoms with E-state index in [1.807, 2.05) is 42.7 Å². The molecule has 134 valence electrons. The molecule has 0 aliphatic carbocycles. The van der Waals surface area contributed by atoms with Crippen molar-refractivity contribution in [2.24, 2.45) is 0 Å². The van der Waals surface area contributed by atoms with Gasteiger partial charge in [0.05, 0.1) is 13.7 Å². The lowest BCUT2D eigenvalue weighted by molar-refractivity contribution is 0.143. The summed E-state index contributed by atoms with van der Waals surface area (Å²) in [6.07, 6.45) is 9.97. The summed E-state index contributed by atoms with van der Waals surface area (Å²) in [7, 11) is 1.68. The maximum atomic E-state index is 5.82. The first kappa shape index (κ1) is 17.7. The molecule has 25 heavy (non-hydrogen) atoms. The van der Waals surface area contributed by atoms with Gasteiger partial charge in [0.25, 0.3) is 0 Å². The summed E-state index contributed by atoms with van der Waals surface area (Å²) in [5, 5.41) is 0. The number of ether oxygens (including phenoxy) is 2. The average Bonchev–Trinajstić information content (AvgIpc) is 2.69. The number of pyridine rings is 1. The Bertz CT molecular complexity index is 616. The normalized spacial score (nSPS) is 18.0. The summed E-state index contributed by atoms with van der Waals surface area (Å²) in [6.45, 7) is 3.09. The standard InChI is InChI=1S/C21H28N2O2/c1-24-19-9-11-20(12-10-19)25-16-5-4-15-23-14-3-2-8-21(23)18-7-6-13-22-17-18/h6-7,9-13,17,21H,2-5,8,14-16H2,1H3. The van der Waals surface area contributed by atoms with Gasteiger partial charge in [-0.05, 0) is 74.7 Å². The lowest BCUT2D eigenvalue weighted by atomic mass is 9.96. The molecule has 1 unspecified atom stereocenters. The van der Waals surface area contributed by atoms with E-state index in [1.165, 1.54) is 31.4 Å². The summed E-state index contributed by atoms with van der Waals surface area (Å²) < 4.78 is 11.0. The lowest BCUT2D eigenvalue weighted by Gasteiger charge is -2.35. The molecule has 1 aromatic carbocycles. The number of methoxy groups -OCH3 is 1. The zero-order chi connectivity index (χ0) is 17.3. The molecular formula is C21H28N2O2. The molecular weight excluding hydrogens is 312 g/mol. The number of unbranched alkanes of at least 4 members (excludes halogenated alkanes) is 1. The highest BCUT2D eigenvalue weighted by molar-refractivity contribution is 5.31. The number of rotatable bonds is 8. The Morgan fingerprint density at radius 2 is 1.92 bits per heavy atom. The molecule has 2 aromatic rings. The Hall–Kier alpha value is -2.07. The summed E-state index contributed by atoms with van der Waals surface area (Å²) in [4.78, 5) is 6.91. The number of benzene rings is 1. The van der Waals surface area contributed by atoms with Crippen molar-refractivity contribution in [3.63, 3.8) is 0 Å². The zero-order valence-electron chi connectivity index (χ0n) is 15.1. The van der Waals surface area contributed by atoms with Crippen LogP contribution in [0.1, 0.15) is 43.7 Å². The van der Waals surface area contributed by atoms with Crippen molar-refractivity contribution in [2.45, 2.75) is 38.1 Å². The fourth-order valence-corrected chi connectivity index (χ4v) is 3.49. The molecule has 1 atom stereocenters. The van der Waals surface area contributed by atoms with E-state index in [0.717, 1.165) is 37.5 Å². The van der Waals surface area contributed by atoms with Crippen molar-refractivity contribution in [3.8, 4) is 11.5 Å². The van der Waals surface area contributed by atoms with Gasteiger partial charge in [-0.2, -0.15) is 0 Å². The molecule has 0 spiro atoms. The molecule has 1 fully saturated rings. The maximum absolute atomic E-state index is 5.82. The van der Waals surface area contributed by atoms with Gasteiger partial charge in [-0.15, -0.1) is 0 Å². The summed E-state index contributed by atoms with van der Waals surface area (Å²) in [6, 6.07) is 12.6. The van der Waals surface area contributed by atoms with E-state index >= 15 is 0 Å². The number of piperidine rings is 1. The van der Waals surface area contributed by atoms with E-state index in [2.05, 4.69) is 16.0 Å². The molecule has 1 aliphatic heterocycles. The second-order valence-corrected chi connectivity index (χ2v) is 6.57. The van der Waals surface area contributed by atoms with Crippen LogP contribution in [0.15, 0.2) is 48.8 Å². The van der Waals surface area contributed by atoms with E-state index in [0.29, 0.717) is 6.04 Å². The zero-order valence-corrected chi connectivity index (χ0v) is 15.1. The smallest absolute Gasteiger partial charge is 0.119 e. The van der Waals surface area contributed by atoms with Gasteiger partial charge in [0.2, 0.25) is 0 Å². The molecule has 0 saturated carbocycles. The number of likely N-dealkylation sites (tertiary alicyclic amines) is 1. The number of hydrogen-bond donors (Lipinski definition) is 0. The van der Waals surface area contributed by atoms with E-state index in [-0.39, 0.29) is 0 Å². The Morgan fingerprint density at radius 3 is 2.68 bits per heavy atom. The van der Waals surface area contributed by atoms with Crippen LogP contribution in [0.2, 0.25) is 0 Å². The minimum absolute atomic E-state index is 0.532. The molecule has 1 saturated heterocycles. The van der Waals surface area contributed by atoms with Gasteiger partial charge in [0, 0.05) is 18.4 Å². The Kier molecular flexibility index (Phi) is 6.69. The van der Waals surface area contributed by atoms with Crippen LogP contribution in [0.25, 0.3) is 0 Å². The van der Waals surface area contributed by atoms with E-state index in [9.17, 15) is 0 Å². The predicted molar refractivity (Wildman–Crippen MR) is 100 cm³/mol. The Balaban J connectivity index is 1.41. The number of nitrogens with zero attached hydrogens (tertiary/aromatic N) is 2. The SMILES string of the molecule is COc1ccc(OCCCCN2CCCCC2c2cccnc2)cc1. The Morgan fingerprint density at radius 1 is 1.08 bits per heavy atom. The fourth-order valence-electron chi connectivity index (χ4n) is 3.49. The van der Waals surface area contributed by atoms with Crippen LogP contribution in [0.5, 0.6) is 11.5 Å². The maximum Gasteiger partial charge on any atom is 0.119 e. The van der Waals surface area contributed by atoms with Crippen molar-refractivity contribution in [1.29, 1.82) is 0 Å². The van der Waals surface area contributed by atoms with Gasteiger partial charge in [-0.1, -0.05) is 12.5 Å². The molecule has 4 heteroatoms. The van der Waals surface area contributed by atoms with Crippen LogP contribution in [0.4, 0.5) is 0 Å². The minimum atomic E-state index is 0.532. The van der Waals surface area contributed by atoms with Gasteiger partial charge in [0.15, 0.2) is 0 Å². The molecule has 1 aromatic heterocycles. The van der Waals surface area contributed by atoms with E-state index < -0.39 is 0 Å². The molecule has 4 nitrogen and oxygen atoms in total. The summed E-state index contributed by atoms with van der Waals surface area (Å²) >= 11 is 0. The van der Waals surface area contributed by atoms with Gasteiger partial charge in [0.1, 0.15) is 11.5 Å². The van der Waals surface area contributed by atoms with Gasteiger partial charge < -0.3 is 9.47 Å². The molecule has 0 bridgehead atoms. The second kappa shape index (κ2) is 9.42. The van der Waals surface area contributed by atoms with Gasteiger partial charge in [-0.3, -0.25) is 9.88 Å². The largest absolute Gasteiger partial charge is 0.497 e. The summed E-state index contributed by atoms with van der Waals surface area (Å²) in [5.74, 6) is 1.77. The average molecular weight is 340 g/mol. The van der Waals surface area contributed by atoms with Crippen molar-refractivity contribution >= 4 is 0 Å². The van der Waals surface area contributed by atoms with Crippen LogP contribution >= 0.6 is 0 Å². The lowest BCUT2D eigenvalue weighted by Crippen LogP contribution is -2.34. The predicted octanol–water partition coefficient (Wildman–Crippen LogP) is 4.48. The fraction of sp³-hybridized carbons (Fsp3) is 0.476. The van der Waals surface area contributed by atoms with Crippen LogP contribution in [0, 0.1) is 0 Å². The van der Waals surface area contributed by atoms with Crippen molar-refractivity contribution in [3.05, 3.63) is 54.4 Å². The third kappa shape index (κ3) is 5.20. The van der Waals surface area contributed by atoms with Crippen LogP contribution in [-0.4, -0.2) is 36.7 Å². The minimum Gasteiger partial charge on any atom is -0.497 e. The highest BCUT2D eigenvalue weighted by Crippen LogP contribution is 2.30. The van der Waals surface area contributed by atoms with Crippen molar-refractivity contribution in [1.82, 2.24) is 9.88 Å². The van der Waals surface area contributed by atoms with Gasteiger partial charge in [-0.25, -0.2) is 0 Å². The van der Waals surface area contributed by atoms with Crippen LogP contribution in [-0.2, 0) is 0 Å². The van der Waals surface area contributed by atoms with E-state index in [4.69, 9.17) is 9.47 Å². The molecule has 0 radical (unpaired) electrons. The van der Waals surface area contributed by atoms with Crippen molar-refractivity contribution < 1.29 is 9.47 Å². The van der Waals surface area contributed by atoms with Crippen LogP contribution in [0.3, 0.4) is 0 Å². The first-order valence-electron chi connectivity index (χ1n) is 9.27. The van der Waals surface area contributed by atoms with E-state index in [1.54, 1.807) is 7.11 Å². The number of aromatic nitrogens is 1. The molecule has 3 rings (SSSR count). The second-order valence-electron chi connectivity index (χ2n) is 6.57. The molecule has 0 amide bonds. The molecule has 0 N–H and O–H groups in total. The Labute approximate surface area is 150 Å². The highest BCUT2D eigenvalue weighted by atomic mass is 16.5. The summed E-state index contributed by atoms with van der Waals surface area (Å²) in [5.41, 5.74) is 1.36.